The Morgan fingerprint density at radius 1 is 1.73 bits per heavy atom. The molecule has 0 fully saturated rings. The molecule has 2 unspecified atom stereocenters. The number of nitrogens with two attached hydrogens (primary N) is 1. The number of aliphatic carboxylic acids is 1. The van der Waals surface area contributed by atoms with Gasteiger partial charge in [-0.15, -0.1) is 0 Å². The lowest BCUT2D eigenvalue weighted by Crippen LogP contribution is -2.30. The van der Waals surface area contributed by atoms with Crippen molar-refractivity contribution in [2.45, 2.75) is 12.5 Å². The fourth-order valence-electron chi connectivity index (χ4n) is 0.422. The van der Waals surface area contributed by atoms with Gasteiger partial charge in [-0.3, -0.25) is 9.36 Å². The van der Waals surface area contributed by atoms with E-state index in [9.17, 15) is 13.6 Å². The molecule has 7 heteroatoms. The van der Waals surface area contributed by atoms with Gasteiger partial charge in [-0.05, 0) is 6.42 Å². The van der Waals surface area contributed by atoms with E-state index in [1.165, 1.54) is 0 Å². The molecule has 11 heavy (non-hydrogen) atoms. The molecule has 66 valence electrons. The maximum absolute atomic E-state index is 11.9. The van der Waals surface area contributed by atoms with Crippen LogP contribution in [0.3, 0.4) is 0 Å². The first-order chi connectivity index (χ1) is 4.83. The second kappa shape index (κ2) is 3.80. The predicted octanol–water partition coefficient (Wildman–Crippen LogP) is -0.0567. The van der Waals surface area contributed by atoms with Crippen molar-refractivity contribution in [1.29, 1.82) is 0 Å². The van der Waals surface area contributed by atoms with Crippen molar-refractivity contribution >= 4 is 13.6 Å². The van der Waals surface area contributed by atoms with E-state index in [0.29, 0.717) is 0 Å². The van der Waals surface area contributed by atoms with Crippen molar-refractivity contribution in [3.8, 4) is 0 Å². The van der Waals surface area contributed by atoms with Crippen molar-refractivity contribution in [1.82, 2.24) is 0 Å². The van der Waals surface area contributed by atoms with E-state index in [1.54, 1.807) is 0 Å². The molecule has 0 spiro atoms. The maximum atomic E-state index is 11.9. The Hall–Kier alpha value is -0.450. The average molecular weight is 185 g/mol. The predicted molar refractivity (Wildman–Crippen MR) is 36.0 cm³/mol. The second-order valence-corrected chi connectivity index (χ2v) is 3.75. The summed E-state index contributed by atoms with van der Waals surface area (Å²) in [5.41, 5.74) is 4.93. The number of carbonyl (C=O) groups is 1. The molecular formula is C4H9FNO4P. The summed E-state index contributed by atoms with van der Waals surface area (Å²) in [5.74, 6) is -1.31. The Balaban J connectivity index is 3.72. The van der Waals surface area contributed by atoms with Crippen LogP contribution in [0.15, 0.2) is 0 Å². The molecule has 0 amide bonds. The number of carboxylic acids is 1. The molecule has 0 bridgehead atoms. The van der Waals surface area contributed by atoms with Crippen molar-refractivity contribution < 1.29 is 23.6 Å². The molecule has 0 radical (unpaired) electrons. The van der Waals surface area contributed by atoms with Crippen LogP contribution in [0.25, 0.3) is 0 Å². The summed E-state index contributed by atoms with van der Waals surface area (Å²) in [6.45, 7) is 0. The van der Waals surface area contributed by atoms with E-state index >= 15 is 0 Å². The van der Waals surface area contributed by atoms with Gasteiger partial charge in [0.05, 0.1) is 6.16 Å². The van der Waals surface area contributed by atoms with Gasteiger partial charge in [0.15, 0.2) is 0 Å². The molecule has 0 rings (SSSR count). The normalized spacial score (nSPS) is 18.8. The van der Waals surface area contributed by atoms with Gasteiger partial charge < -0.3 is 15.7 Å². The first-order valence-corrected chi connectivity index (χ1v) is 4.56. The third-order valence-corrected chi connectivity index (χ3v) is 1.84. The van der Waals surface area contributed by atoms with Crippen LogP contribution in [0.2, 0.25) is 0 Å². The monoisotopic (exact) mass is 185 g/mol. The molecule has 0 aromatic rings. The zero-order valence-corrected chi connectivity index (χ0v) is 6.50. The van der Waals surface area contributed by atoms with Crippen LogP contribution in [0, 0.1) is 0 Å². The highest BCUT2D eigenvalue weighted by atomic mass is 31.2. The Labute approximate surface area is 62.6 Å². The van der Waals surface area contributed by atoms with E-state index in [-0.39, 0.29) is 6.42 Å². The summed E-state index contributed by atoms with van der Waals surface area (Å²) < 4.78 is 21.9. The molecule has 0 saturated carbocycles. The van der Waals surface area contributed by atoms with Crippen LogP contribution in [0.4, 0.5) is 4.20 Å². The van der Waals surface area contributed by atoms with Gasteiger partial charge in [-0.2, -0.15) is 4.20 Å². The van der Waals surface area contributed by atoms with Crippen molar-refractivity contribution in [3.05, 3.63) is 0 Å². The number of hydrogen-bond acceptors (Lipinski definition) is 3. The van der Waals surface area contributed by atoms with E-state index in [1.807, 2.05) is 0 Å². The van der Waals surface area contributed by atoms with Crippen LogP contribution in [-0.2, 0) is 9.36 Å². The fraction of sp³-hybridized carbons (Fsp3) is 0.750. The quantitative estimate of drug-likeness (QED) is 0.533. The van der Waals surface area contributed by atoms with Crippen LogP contribution in [0.1, 0.15) is 6.42 Å². The molecule has 0 aromatic carbocycles. The highest BCUT2D eigenvalue weighted by Crippen LogP contribution is 2.42. The van der Waals surface area contributed by atoms with Crippen LogP contribution in [-0.4, -0.2) is 28.2 Å². The molecule has 0 saturated heterocycles. The number of hydrogen-bond donors (Lipinski definition) is 3. The summed E-state index contributed by atoms with van der Waals surface area (Å²) in [6, 6.07) is -1.27. The number of carboxylic acid groups (broad SMARTS) is 1. The Morgan fingerprint density at radius 3 is 2.45 bits per heavy atom. The summed E-state index contributed by atoms with van der Waals surface area (Å²) in [6.07, 6.45) is -1.04. The average Bonchev–Trinajstić information content (AvgIpc) is 1.80. The minimum absolute atomic E-state index is 0.334. The first-order valence-electron chi connectivity index (χ1n) is 2.83. The van der Waals surface area contributed by atoms with Gasteiger partial charge in [0.2, 0.25) is 0 Å². The van der Waals surface area contributed by atoms with Gasteiger partial charge in [0, 0.05) is 0 Å². The lowest BCUT2D eigenvalue weighted by molar-refractivity contribution is -0.138. The minimum Gasteiger partial charge on any atom is -0.480 e. The lowest BCUT2D eigenvalue weighted by Gasteiger charge is -2.04. The second-order valence-electron chi connectivity index (χ2n) is 2.07. The standard InChI is InChI=1S/C4H9FNO4P/c5-11(9,10)2-1-3(6)4(7)8/h3H,1-2,6H2,(H,7,8)(H,9,10). The van der Waals surface area contributed by atoms with E-state index < -0.39 is 25.9 Å². The summed E-state index contributed by atoms with van der Waals surface area (Å²) in [4.78, 5) is 18.1. The molecule has 0 aliphatic carbocycles. The van der Waals surface area contributed by atoms with Gasteiger partial charge in [0.25, 0.3) is 0 Å². The van der Waals surface area contributed by atoms with Crippen molar-refractivity contribution in [3.63, 3.8) is 0 Å². The fourth-order valence-corrected chi connectivity index (χ4v) is 1.02. The van der Waals surface area contributed by atoms with Crippen molar-refractivity contribution in [2.24, 2.45) is 5.73 Å². The smallest absolute Gasteiger partial charge is 0.365 e. The van der Waals surface area contributed by atoms with Crippen LogP contribution in [0.5, 0.6) is 0 Å². The molecule has 5 nitrogen and oxygen atoms in total. The van der Waals surface area contributed by atoms with E-state index in [2.05, 4.69) is 0 Å². The van der Waals surface area contributed by atoms with E-state index in [0.717, 1.165) is 0 Å². The van der Waals surface area contributed by atoms with Gasteiger partial charge >= 0.3 is 13.6 Å². The molecule has 0 aliphatic heterocycles. The number of rotatable bonds is 4. The SMILES string of the molecule is NC(CCP(=O)(O)F)C(=O)O. The molecule has 2 atom stereocenters. The van der Waals surface area contributed by atoms with Crippen LogP contribution >= 0.6 is 7.68 Å². The zero-order chi connectivity index (χ0) is 9.07. The van der Waals surface area contributed by atoms with Gasteiger partial charge in [-0.25, -0.2) is 0 Å². The van der Waals surface area contributed by atoms with Crippen LogP contribution < -0.4 is 5.73 Å². The largest absolute Gasteiger partial charge is 0.480 e. The van der Waals surface area contributed by atoms with Crippen molar-refractivity contribution in [2.75, 3.05) is 6.16 Å². The Bertz CT molecular complexity index is 191. The summed E-state index contributed by atoms with van der Waals surface area (Å²) in [5, 5.41) is 8.16. The summed E-state index contributed by atoms with van der Waals surface area (Å²) >= 11 is 0. The highest BCUT2D eigenvalue weighted by molar-refractivity contribution is 7.52. The third kappa shape index (κ3) is 5.97. The maximum Gasteiger partial charge on any atom is 0.365 e. The summed E-state index contributed by atoms with van der Waals surface area (Å²) in [7, 11) is -4.60. The first kappa shape index (κ1) is 10.6. The molecular weight excluding hydrogens is 176 g/mol. The molecule has 0 aromatic heterocycles. The molecule has 0 aliphatic rings. The van der Waals surface area contributed by atoms with Gasteiger partial charge in [-0.1, -0.05) is 0 Å². The van der Waals surface area contributed by atoms with E-state index in [4.69, 9.17) is 15.7 Å². The Kier molecular flexibility index (Phi) is 3.65. The highest BCUT2D eigenvalue weighted by Gasteiger charge is 2.20. The van der Waals surface area contributed by atoms with Gasteiger partial charge in [0.1, 0.15) is 6.04 Å². The Morgan fingerprint density at radius 2 is 2.18 bits per heavy atom. The third-order valence-electron chi connectivity index (χ3n) is 1.03. The molecule has 0 heterocycles. The topological polar surface area (TPSA) is 101 Å². The zero-order valence-electron chi connectivity index (χ0n) is 5.61. The lowest BCUT2D eigenvalue weighted by atomic mass is 10.2. The molecule has 4 N–H and O–H groups in total. The minimum atomic E-state index is -4.60. The number of halogens is 1.